The zero-order chi connectivity index (χ0) is 27.8. The van der Waals surface area contributed by atoms with Crippen LogP contribution < -0.4 is 9.62 Å². The lowest BCUT2D eigenvalue weighted by atomic mass is 10.1. The minimum absolute atomic E-state index is 0.103. The zero-order valence-corrected chi connectivity index (χ0v) is 24.3. The molecule has 1 N–H and O–H groups in total. The highest BCUT2D eigenvalue weighted by atomic mass is 35.5. The summed E-state index contributed by atoms with van der Waals surface area (Å²) < 4.78 is 26.4. The number of rotatable bonds is 13. The third kappa shape index (κ3) is 9.04. The molecule has 0 aromatic heterocycles. The van der Waals surface area contributed by atoms with Crippen molar-refractivity contribution in [3.05, 3.63) is 64.2 Å². The largest absolute Gasteiger partial charge is 0.354 e. The molecule has 0 radical (unpaired) electrons. The van der Waals surface area contributed by atoms with Crippen LogP contribution in [0.1, 0.15) is 56.7 Å². The SMILES string of the molecule is CC[C@H](C(=O)NCC(C)C)N(Cc1ccc(C)cc1)C(=O)CCCN(c1cccc(Cl)c1C)S(C)(=O)=O. The summed E-state index contributed by atoms with van der Waals surface area (Å²) >= 11 is 6.23. The number of nitrogens with zero attached hydrogens (tertiary/aromatic N) is 2. The first-order chi connectivity index (χ1) is 17.3. The highest BCUT2D eigenvalue weighted by Crippen LogP contribution is 2.28. The molecule has 0 aliphatic carbocycles. The summed E-state index contributed by atoms with van der Waals surface area (Å²) in [6.07, 6.45) is 2.02. The van der Waals surface area contributed by atoms with Gasteiger partial charge in [0.2, 0.25) is 21.8 Å². The lowest BCUT2D eigenvalue weighted by Crippen LogP contribution is -2.49. The molecular formula is C28H40ClN3O4S. The van der Waals surface area contributed by atoms with Crippen LogP contribution in [0.15, 0.2) is 42.5 Å². The van der Waals surface area contributed by atoms with E-state index in [9.17, 15) is 18.0 Å². The van der Waals surface area contributed by atoms with E-state index >= 15 is 0 Å². The third-order valence-corrected chi connectivity index (χ3v) is 7.79. The molecule has 2 rings (SSSR count). The van der Waals surface area contributed by atoms with E-state index in [1.165, 1.54) is 4.31 Å². The Kier molecular flexibility index (Phi) is 11.4. The van der Waals surface area contributed by atoms with Gasteiger partial charge in [-0.25, -0.2) is 8.42 Å². The van der Waals surface area contributed by atoms with Gasteiger partial charge in [-0.2, -0.15) is 0 Å². The van der Waals surface area contributed by atoms with Gasteiger partial charge < -0.3 is 10.2 Å². The lowest BCUT2D eigenvalue weighted by molar-refractivity contribution is -0.141. The molecule has 0 aliphatic heterocycles. The Morgan fingerprint density at radius 2 is 1.70 bits per heavy atom. The van der Waals surface area contributed by atoms with Gasteiger partial charge in [0.05, 0.1) is 11.9 Å². The second-order valence-corrected chi connectivity index (χ2v) is 12.2. The van der Waals surface area contributed by atoms with E-state index in [-0.39, 0.29) is 24.8 Å². The normalized spacial score (nSPS) is 12.3. The maximum atomic E-state index is 13.5. The molecule has 1 atom stereocenters. The van der Waals surface area contributed by atoms with Crippen LogP contribution in [0, 0.1) is 19.8 Å². The number of hydrogen-bond acceptors (Lipinski definition) is 4. The topological polar surface area (TPSA) is 86.8 Å². The number of carbonyl (C=O) groups excluding carboxylic acids is 2. The van der Waals surface area contributed by atoms with Gasteiger partial charge in [0, 0.05) is 31.1 Å². The van der Waals surface area contributed by atoms with E-state index < -0.39 is 16.1 Å². The van der Waals surface area contributed by atoms with Crippen molar-refractivity contribution in [1.82, 2.24) is 10.2 Å². The molecule has 9 heteroatoms. The number of benzene rings is 2. The summed E-state index contributed by atoms with van der Waals surface area (Å²) in [7, 11) is -3.59. The minimum atomic E-state index is -3.59. The highest BCUT2D eigenvalue weighted by Gasteiger charge is 2.29. The quantitative estimate of drug-likeness (QED) is 0.377. The number of amides is 2. The van der Waals surface area contributed by atoms with Gasteiger partial charge in [-0.1, -0.05) is 68.3 Å². The van der Waals surface area contributed by atoms with Crippen molar-refractivity contribution in [2.75, 3.05) is 23.7 Å². The van der Waals surface area contributed by atoms with Gasteiger partial charge >= 0.3 is 0 Å². The first-order valence-corrected chi connectivity index (χ1v) is 14.9. The molecule has 0 saturated carbocycles. The lowest BCUT2D eigenvalue weighted by Gasteiger charge is -2.31. The maximum absolute atomic E-state index is 13.5. The van der Waals surface area contributed by atoms with Crippen molar-refractivity contribution in [2.45, 2.75) is 66.5 Å². The average molecular weight is 550 g/mol. The molecule has 0 fully saturated rings. The van der Waals surface area contributed by atoms with Gasteiger partial charge in [0.15, 0.2) is 0 Å². The Bertz CT molecular complexity index is 1170. The molecule has 0 aliphatic rings. The summed E-state index contributed by atoms with van der Waals surface area (Å²) in [5.74, 6) is -0.0769. The standard InChI is InChI=1S/C28H40ClN3O4S/c1-7-25(28(34)30-18-20(2)3)31(19-23-15-13-21(4)14-16-23)27(33)12-9-17-32(37(6,35)36)26-11-8-10-24(29)22(26)5/h8,10-11,13-16,20,25H,7,9,12,17-19H2,1-6H3,(H,30,34)/t25-/m1/s1. The van der Waals surface area contributed by atoms with Crippen LogP contribution in [0.2, 0.25) is 5.02 Å². The number of sulfonamides is 1. The number of halogens is 1. The van der Waals surface area contributed by atoms with Crippen molar-refractivity contribution >= 4 is 39.1 Å². The van der Waals surface area contributed by atoms with E-state index in [2.05, 4.69) is 5.32 Å². The average Bonchev–Trinajstić information content (AvgIpc) is 2.82. The zero-order valence-electron chi connectivity index (χ0n) is 22.8. The summed E-state index contributed by atoms with van der Waals surface area (Å²) in [6, 6.07) is 12.4. The Morgan fingerprint density at radius 1 is 1.05 bits per heavy atom. The molecule has 0 spiro atoms. The van der Waals surface area contributed by atoms with Crippen LogP contribution in [-0.4, -0.2) is 50.5 Å². The van der Waals surface area contributed by atoms with E-state index in [4.69, 9.17) is 11.6 Å². The number of nitrogens with one attached hydrogen (secondary N) is 1. The predicted molar refractivity (Wildman–Crippen MR) is 151 cm³/mol. The molecule has 204 valence electrons. The Balaban J connectivity index is 2.24. The van der Waals surface area contributed by atoms with E-state index in [1.807, 2.05) is 52.0 Å². The van der Waals surface area contributed by atoms with Crippen molar-refractivity contribution < 1.29 is 18.0 Å². The van der Waals surface area contributed by atoms with Crippen molar-refractivity contribution in [3.63, 3.8) is 0 Å². The van der Waals surface area contributed by atoms with E-state index in [1.54, 1.807) is 30.0 Å². The minimum Gasteiger partial charge on any atom is -0.354 e. The third-order valence-electron chi connectivity index (χ3n) is 6.20. The summed E-state index contributed by atoms with van der Waals surface area (Å²) in [5, 5.41) is 3.43. The van der Waals surface area contributed by atoms with Gasteiger partial charge in [-0.3, -0.25) is 13.9 Å². The van der Waals surface area contributed by atoms with Crippen molar-refractivity contribution in [1.29, 1.82) is 0 Å². The van der Waals surface area contributed by atoms with Gasteiger partial charge in [-0.05, 0) is 55.9 Å². The molecule has 0 bridgehead atoms. The fraction of sp³-hybridized carbons (Fsp3) is 0.500. The van der Waals surface area contributed by atoms with E-state index in [0.717, 1.165) is 17.4 Å². The van der Waals surface area contributed by atoms with Crippen LogP contribution in [0.4, 0.5) is 5.69 Å². The molecule has 0 saturated heterocycles. The first-order valence-electron chi connectivity index (χ1n) is 12.7. The Morgan fingerprint density at radius 3 is 2.27 bits per heavy atom. The molecular weight excluding hydrogens is 510 g/mol. The predicted octanol–water partition coefficient (Wildman–Crippen LogP) is 5.08. The molecule has 0 unspecified atom stereocenters. The van der Waals surface area contributed by atoms with Gasteiger partial charge in [0.1, 0.15) is 6.04 Å². The number of carbonyl (C=O) groups is 2. The molecule has 2 aromatic carbocycles. The number of anilines is 1. The molecule has 2 aromatic rings. The van der Waals surface area contributed by atoms with Gasteiger partial charge in [0.25, 0.3) is 0 Å². The van der Waals surface area contributed by atoms with Crippen LogP contribution in [-0.2, 0) is 26.2 Å². The number of hydrogen-bond donors (Lipinski definition) is 1. The monoisotopic (exact) mass is 549 g/mol. The van der Waals surface area contributed by atoms with Crippen LogP contribution in [0.25, 0.3) is 0 Å². The van der Waals surface area contributed by atoms with E-state index in [0.29, 0.717) is 48.1 Å². The van der Waals surface area contributed by atoms with Crippen molar-refractivity contribution in [3.8, 4) is 0 Å². The fourth-order valence-electron chi connectivity index (χ4n) is 4.08. The van der Waals surface area contributed by atoms with Crippen LogP contribution >= 0.6 is 11.6 Å². The van der Waals surface area contributed by atoms with Crippen LogP contribution in [0.3, 0.4) is 0 Å². The molecule has 37 heavy (non-hydrogen) atoms. The highest BCUT2D eigenvalue weighted by molar-refractivity contribution is 7.92. The molecule has 7 nitrogen and oxygen atoms in total. The summed E-state index contributed by atoms with van der Waals surface area (Å²) in [6.45, 7) is 10.7. The van der Waals surface area contributed by atoms with Crippen LogP contribution in [0.5, 0.6) is 0 Å². The number of aryl methyl sites for hydroxylation is 1. The first kappa shape index (κ1) is 30.6. The fourth-order valence-corrected chi connectivity index (χ4v) is 5.27. The second kappa shape index (κ2) is 13.8. The summed E-state index contributed by atoms with van der Waals surface area (Å²) in [5.41, 5.74) is 3.20. The Labute approximate surface area is 227 Å². The maximum Gasteiger partial charge on any atom is 0.242 e. The summed E-state index contributed by atoms with van der Waals surface area (Å²) in [4.78, 5) is 28.2. The molecule has 0 heterocycles. The smallest absolute Gasteiger partial charge is 0.242 e. The second-order valence-electron chi connectivity index (χ2n) is 9.89. The Hall–Kier alpha value is -2.58. The van der Waals surface area contributed by atoms with Crippen molar-refractivity contribution in [2.24, 2.45) is 5.92 Å². The molecule has 2 amide bonds. The van der Waals surface area contributed by atoms with Gasteiger partial charge in [-0.15, -0.1) is 0 Å².